The molecule has 1 amide bonds. The zero-order valence-corrected chi connectivity index (χ0v) is 18.7. The predicted molar refractivity (Wildman–Crippen MR) is 125 cm³/mol. The van der Waals surface area contributed by atoms with Crippen LogP contribution in [0.2, 0.25) is 0 Å². The van der Waals surface area contributed by atoms with Gasteiger partial charge < -0.3 is 19.7 Å². The summed E-state index contributed by atoms with van der Waals surface area (Å²) in [4.78, 5) is 35.5. The summed E-state index contributed by atoms with van der Waals surface area (Å²) in [6, 6.07) is 16.4. The molecule has 170 valence electrons. The second-order valence-corrected chi connectivity index (χ2v) is 7.83. The number of carbonyl (C=O) groups excluding carboxylic acids is 2. The zero-order valence-electron chi connectivity index (χ0n) is 18.7. The molecule has 1 atom stereocenters. The molecule has 2 aromatic carbocycles. The Morgan fingerprint density at radius 2 is 1.79 bits per heavy atom. The van der Waals surface area contributed by atoms with Gasteiger partial charge in [0.2, 0.25) is 5.91 Å². The number of methoxy groups -OCH3 is 2. The highest BCUT2D eigenvalue weighted by molar-refractivity contribution is 5.94. The van der Waals surface area contributed by atoms with Crippen molar-refractivity contribution in [3.8, 4) is 17.0 Å². The number of carbonyl (C=O) groups is 2. The average molecular weight is 447 g/mol. The Kier molecular flexibility index (Phi) is 6.83. The first kappa shape index (κ1) is 22.3. The number of ether oxygens (including phenoxy) is 2. The molecule has 0 saturated carbocycles. The van der Waals surface area contributed by atoms with Gasteiger partial charge in [0, 0.05) is 30.4 Å². The Labute approximate surface area is 192 Å². The molecule has 8 nitrogen and oxygen atoms in total. The van der Waals surface area contributed by atoms with E-state index < -0.39 is 5.97 Å². The second kappa shape index (κ2) is 10.1. The lowest BCUT2D eigenvalue weighted by atomic mass is 9.97. The van der Waals surface area contributed by atoms with Crippen LogP contribution in [0.1, 0.15) is 23.2 Å². The van der Waals surface area contributed by atoms with Crippen LogP contribution < -0.4 is 15.0 Å². The standard InChI is InChI=1S/C25H26N4O4/c1-32-21-11-7-17(8-12-21)22-14-23(27-16-26-22)29-13-3-4-19(15-29)24(30)28-20-9-5-18(6-10-20)25(31)33-2/h5-12,14,16,19H,3-4,13,15H2,1-2H3,(H,28,30)/t19-/m0/s1. The molecule has 0 unspecified atom stereocenters. The molecule has 0 bridgehead atoms. The van der Waals surface area contributed by atoms with E-state index in [-0.39, 0.29) is 11.8 Å². The van der Waals surface area contributed by atoms with Crippen LogP contribution in [0.3, 0.4) is 0 Å². The van der Waals surface area contributed by atoms with Crippen LogP contribution in [-0.4, -0.2) is 49.2 Å². The summed E-state index contributed by atoms with van der Waals surface area (Å²) in [7, 11) is 2.97. The Morgan fingerprint density at radius 1 is 1.03 bits per heavy atom. The molecule has 3 aromatic rings. The maximum absolute atomic E-state index is 12.9. The molecule has 2 heterocycles. The number of hydrogen-bond acceptors (Lipinski definition) is 7. The number of esters is 1. The number of nitrogens with zero attached hydrogens (tertiary/aromatic N) is 3. The van der Waals surface area contributed by atoms with Crippen molar-refractivity contribution in [1.82, 2.24) is 9.97 Å². The Balaban J connectivity index is 1.42. The van der Waals surface area contributed by atoms with E-state index in [0.717, 1.165) is 42.2 Å². The zero-order chi connectivity index (χ0) is 23.2. The highest BCUT2D eigenvalue weighted by Gasteiger charge is 2.27. The minimum Gasteiger partial charge on any atom is -0.497 e. The number of aromatic nitrogens is 2. The summed E-state index contributed by atoms with van der Waals surface area (Å²) >= 11 is 0. The Morgan fingerprint density at radius 3 is 2.48 bits per heavy atom. The van der Waals surface area contributed by atoms with Crippen molar-refractivity contribution in [2.45, 2.75) is 12.8 Å². The number of hydrogen-bond donors (Lipinski definition) is 1. The Bertz CT molecular complexity index is 1120. The monoisotopic (exact) mass is 446 g/mol. The van der Waals surface area contributed by atoms with E-state index in [1.54, 1.807) is 37.7 Å². The van der Waals surface area contributed by atoms with Gasteiger partial charge in [-0.05, 0) is 61.4 Å². The van der Waals surface area contributed by atoms with Gasteiger partial charge in [0.1, 0.15) is 17.9 Å². The summed E-state index contributed by atoms with van der Waals surface area (Å²) < 4.78 is 9.93. The van der Waals surface area contributed by atoms with Gasteiger partial charge in [-0.2, -0.15) is 0 Å². The number of benzene rings is 2. The van der Waals surface area contributed by atoms with E-state index in [0.29, 0.717) is 17.8 Å². The number of piperidine rings is 1. The van der Waals surface area contributed by atoms with Gasteiger partial charge in [0.25, 0.3) is 0 Å². The van der Waals surface area contributed by atoms with E-state index in [9.17, 15) is 9.59 Å². The summed E-state index contributed by atoms with van der Waals surface area (Å²) in [6.45, 7) is 1.40. The van der Waals surface area contributed by atoms with E-state index in [4.69, 9.17) is 9.47 Å². The molecular formula is C25H26N4O4. The van der Waals surface area contributed by atoms with Gasteiger partial charge in [-0.1, -0.05) is 0 Å². The van der Waals surface area contributed by atoms with Crippen molar-refractivity contribution in [2.75, 3.05) is 37.5 Å². The van der Waals surface area contributed by atoms with Gasteiger partial charge in [0.05, 0.1) is 31.4 Å². The van der Waals surface area contributed by atoms with Crippen LogP contribution in [0, 0.1) is 5.92 Å². The highest BCUT2D eigenvalue weighted by Crippen LogP contribution is 2.27. The van der Waals surface area contributed by atoms with Crippen LogP contribution in [0.5, 0.6) is 5.75 Å². The van der Waals surface area contributed by atoms with Crippen molar-refractivity contribution >= 4 is 23.4 Å². The fourth-order valence-electron chi connectivity index (χ4n) is 3.89. The average Bonchev–Trinajstić information content (AvgIpc) is 2.89. The minimum absolute atomic E-state index is 0.0463. The second-order valence-electron chi connectivity index (χ2n) is 7.83. The van der Waals surface area contributed by atoms with Crippen LogP contribution in [0.15, 0.2) is 60.9 Å². The molecule has 0 spiro atoms. The molecular weight excluding hydrogens is 420 g/mol. The van der Waals surface area contributed by atoms with Crippen LogP contribution in [0.4, 0.5) is 11.5 Å². The van der Waals surface area contributed by atoms with E-state index >= 15 is 0 Å². The van der Waals surface area contributed by atoms with Gasteiger partial charge in [-0.15, -0.1) is 0 Å². The normalized spacial score (nSPS) is 15.6. The van der Waals surface area contributed by atoms with Crippen molar-refractivity contribution in [3.05, 3.63) is 66.5 Å². The third kappa shape index (κ3) is 5.28. The third-order valence-corrected chi connectivity index (χ3v) is 5.73. The number of amides is 1. The first-order valence-corrected chi connectivity index (χ1v) is 10.8. The van der Waals surface area contributed by atoms with Gasteiger partial charge in [-0.3, -0.25) is 4.79 Å². The van der Waals surface area contributed by atoms with Gasteiger partial charge in [0.15, 0.2) is 0 Å². The van der Waals surface area contributed by atoms with Crippen molar-refractivity contribution < 1.29 is 19.1 Å². The molecule has 0 radical (unpaired) electrons. The SMILES string of the molecule is COC(=O)c1ccc(NC(=O)[C@H]2CCCN(c3cc(-c4ccc(OC)cc4)ncn3)C2)cc1. The molecule has 33 heavy (non-hydrogen) atoms. The highest BCUT2D eigenvalue weighted by atomic mass is 16.5. The maximum atomic E-state index is 12.9. The largest absolute Gasteiger partial charge is 0.497 e. The lowest BCUT2D eigenvalue weighted by molar-refractivity contribution is -0.120. The predicted octanol–water partition coefficient (Wildman–Crippen LogP) is 3.79. The molecule has 1 aliphatic rings. The smallest absolute Gasteiger partial charge is 0.337 e. The van der Waals surface area contributed by atoms with Crippen molar-refractivity contribution in [3.63, 3.8) is 0 Å². The van der Waals surface area contributed by atoms with Gasteiger partial charge in [-0.25, -0.2) is 14.8 Å². The third-order valence-electron chi connectivity index (χ3n) is 5.73. The summed E-state index contributed by atoms with van der Waals surface area (Å²) in [5.41, 5.74) is 2.88. The molecule has 1 fully saturated rings. The number of rotatable bonds is 6. The fourth-order valence-corrected chi connectivity index (χ4v) is 3.89. The maximum Gasteiger partial charge on any atom is 0.337 e. The summed E-state index contributed by atoms with van der Waals surface area (Å²) in [5.74, 6) is 0.969. The molecule has 8 heteroatoms. The summed E-state index contributed by atoms with van der Waals surface area (Å²) in [5, 5.41) is 2.95. The quantitative estimate of drug-likeness (QED) is 0.576. The number of nitrogens with one attached hydrogen (secondary N) is 1. The number of anilines is 2. The molecule has 4 rings (SSSR count). The summed E-state index contributed by atoms with van der Waals surface area (Å²) in [6.07, 6.45) is 3.25. The van der Waals surface area contributed by atoms with E-state index in [1.807, 2.05) is 30.3 Å². The first-order valence-electron chi connectivity index (χ1n) is 10.8. The minimum atomic E-state index is -0.408. The van der Waals surface area contributed by atoms with E-state index in [2.05, 4.69) is 20.2 Å². The van der Waals surface area contributed by atoms with Crippen LogP contribution in [-0.2, 0) is 9.53 Å². The van der Waals surface area contributed by atoms with Crippen LogP contribution in [0.25, 0.3) is 11.3 Å². The Hall–Kier alpha value is -3.94. The molecule has 1 N–H and O–H groups in total. The van der Waals surface area contributed by atoms with E-state index in [1.165, 1.54) is 7.11 Å². The first-order chi connectivity index (χ1) is 16.1. The molecule has 0 aliphatic carbocycles. The molecule has 1 aliphatic heterocycles. The molecule has 1 aromatic heterocycles. The topological polar surface area (TPSA) is 93.7 Å². The molecule has 1 saturated heterocycles. The van der Waals surface area contributed by atoms with Gasteiger partial charge >= 0.3 is 5.97 Å². The lowest BCUT2D eigenvalue weighted by Crippen LogP contribution is -2.41. The van der Waals surface area contributed by atoms with Crippen LogP contribution >= 0.6 is 0 Å². The fraction of sp³-hybridized carbons (Fsp3) is 0.280. The lowest BCUT2D eigenvalue weighted by Gasteiger charge is -2.33. The van der Waals surface area contributed by atoms with Crippen molar-refractivity contribution in [1.29, 1.82) is 0 Å². The van der Waals surface area contributed by atoms with Crippen molar-refractivity contribution in [2.24, 2.45) is 5.92 Å².